The zero-order chi connectivity index (χ0) is 13.9. The van der Waals surface area contributed by atoms with Gasteiger partial charge in [-0.3, -0.25) is 0 Å². The Kier molecular flexibility index (Phi) is 4.09. The van der Waals surface area contributed by atoms with E-state index >= 15 is 0 Å². The fourth-order valence-electron chi connectivity index (χ4n) is 2.54. The van der Waals surface area contributed by atoms with E-state index in [4.69, 9.17) is 0 Å². The van der Waals surface area contributed by atoms with Crippen LogP contribution in [0.15, 0.2) is 48.5 Å². The second-order valence-corrected chi connectivity index (χ2v) is 5.94. The Morgan fingerprint density at radius 1 is 0.895 bits per heavy atom. The highest BCUT2D eigenvalue weighted by Crippen LogP contribution is 2.32. The molecular formula is C19H24. The molecule has 2 aromatic rings. The molecule has 0 saturated heterocycles. The average Bonchev–Trinajstić information content (AvgIpc) is 2.40. The topological polar surface area (TPSA) is 0 Å². The van der Waals surface area contributed by atoms with E-state index in [0.29, 0.717) is 0 Å². The maximum Gasteiger partial charge on any atom is 0.0146 e. The molecule has 0 N–H and O–H groups in total. The summed E-state index contributed by atoms with van der Waals surface area (Å²) in [6.07, 6.45) is 2.37. The van der Waals surface area contributed by atoms with Gasteiger partial charge in [0.1, 0.15) is 0 Å². The summed E-state index contributed by atoms with van der Waals surface area (Å²) in [5, 5.41) is 0. The van der Waals surface area contributed by atoms with E-state index in [1.54, 1.807) is 0 Å². The molecule has 0 nitrogen and oxygen atoms in total. The molecular weight excluding hydrogens is 228 g/mol. The van der Waals surface area contributed by atoms with Crippen LogP contribution in [0.1, 0.15) is 49.4 Å². The summed E-state index contributed by atoms with van der Waals surface area (Å²) in [5.74, 6) is 0. The molecule has 0 aliphatic carbocycles. The Labute approximate surface area is 117 Å². The Bertz CT molecular complexity index is 532. The van der Waals surface area contributed by atoms with Gasteiger partial charge in [0, 0.05) is 5.41 Å². The highest BCUT2D eigenvalue weighted by Gasteiger charge is 2.22. The lowest BCUT2D eigenvalue weighted by Gasteiger charge is -2.27. The molecule has 2 aromatic carbocycles. The van der Waals surface area contributed by atoms with Crippen LogP contribution >= 0.6 is 0 Å². The number of rotatable bonds is 4. The highest BCUT2D eigenvalue weighted by atomic mass is 14.3. The molecule has 0 fully saturated rings. The molecule has 0 unspecified atom stereocenters. The first-order valence-corrected chi connectivity index (χ1v) is 7.20. The van der Waals surface area contributed by atoms with Gasteiger partial charge < -0.3 is 0 Å². The summed E-state index contributed by atoms with van der Waals surface area (Å²) < 4.78 is 0. The van der Waals surface area contributed by atoms with Crippen molar-refractivity contribution < 1.29 is 0 Å². The number of benzene rings is 2. The normalized spacial score (nSPS) is 11.6. The summed E-state index contributed by atoms with van der Waals surface area (Å²) in [6, 6.07) is 17.9. The molecule has 19 heavy (non-hydrogen) atoms. The first-order valence-electron chi connectivity index (χ1n) is 7.20. The van der Waals surface area contributed by atoms with E-state index in [1.807, 2.05) is 0 Å². The van der Waals surface area contributed by atoms with Crippen molar-refractivity contribution in [2.24, 2.45) is 0 Å². The summed E-state index contributed by atoms with van der Waals surface area (Å²) in [7, 11) is 0. The van der Waals surface area contributed by atoms with Gasteiger partial charge in [0.2, 0.25) is 0 Å². The minimum atomic E-state index is 0.0669. The van der Waals surface area contributed by atoms with Crippen LogP contribution in [0.25, 0.3) is 0 Å². The second kappa shape index (κ2) is 5.61. The Hall–Kier alpha value is -1.56. The van der Waals surface area contributed by atoms with Crippen LogP contribution in [-0.2, 0) is 11.8 Å². The van der Waals surface area contributed by atoms with Crippen LogP contribution < -0.4 is 0 Å². The maximum atomic E-state index is 2.36. The van der Waals surface area contributed by atoms with Crippen LogP contribution in [0, 0.1) is 6.92 Å². The first kappa shape index (κ1) is 13.9. The summed E-state index contributed by atoms with van der Waals surface area (Å²) in [5.41, 5.74) is 5.62. The zero-order valence-corrected chi connectivity index (χ0v) is 12.5. The van der Waals surface area contributed by atoms with E-state index in [1.165, 1.54) is 28.7 Å². The molecule has 2 rings (SSSR count). The predicted molar refractivity (Wildman–Crippen MR) is 83.7 cm³/mol. The molecule has 100 valence electrons. The molecule has 0 heterocycles. The Morgan fingerprint density at radius 2 is 1.58 bits per heavy atom. The molecule has 0 aliphatic rings. The van der Waals surface area contributed by atoms with Crippen molar-refractivity contribution in [2.75, 3.05) is 0 Å². The molecule has 0 spiro atoms. The third-order valence-electron chi connectivity index (χ3n) is 3.96. The average molecular weight is 252 g/mol. The molecule has 0 aliphatic heterocycles. The third-order valence-corrected chi connectivity index (χ3v) is 3.96. The van der Waals surface area contributed by atoms with Crippen molar-refractivity contribution >= 4 is 0 Å². The number of aryl methyl sites for hydroxylation is 2. The van der Waals surface area contributed by atoms with Gasteiger partial charge in [-0.05, 0) is 30.0 Å². The van der Waals surface area contributed by atoms with Gasteiger partial charge >= 0.3 is 0 Å². The zero-order valence-electron chi connectivity index (χ0n) is 12.5. The molecule has 0 radical (unpaired) electrons. The lowest BCUT2D eigenvalue weighted by Crippen LogP contribution is -2.19. The van der Waals surface area contributed by atoms with Gasteiger partial charge in [-0.2, -0.15) is 0 Å². The minimum absolute atomic E-state index is 0.0669. The first-order chi connectivity index (χ1) is 9.04. The van der Waals surface area contributed by atoms with Gasteiger partial charge in [-0.25, -0.2) is 0 Å². The van der Waals surface area contributed by atoms with E-state index in [0.717, 1.165) is 6.42 Å². The van der Waals surface area contributed by atoms with Crippen LogP contribution in [0.5, 0.6) is 0 Å². The van der Waals surface area contributed by atoms with Crippen LogP contribution in [0.2, 0.25) is 0 Å². The van der Waals surface area contributed by atoms with E-state index in [-0.39, 0.29) is 5.41 Å². The van der Waals surface area contributed by atoms with Gasteiger partial charge in [0.05, 0.1) is 0 Å². The predicted octanol–water partition coefficient (Wildman–Crippen LogP) is 5.27. The monoisotopic (exact) mass is 252 g/mol. The summed E-state index contributed by atoms with van der Waals surface area (Å²) >= 11 is 0. The second-order valence-electron chi connectivity index (χ2n) is 5.94. The highest BCUT2D eigenvalue weighted by molar-refractivity contribution is 5.40. The van der Waals surface area contributed by atoms with Gasteiger partial charge in [0.25, 0.3) is 0 Å². The minimum Gasteiger partial charge on any atom is -0.0651 e. The SMILES string of the molecule is CCCc1cccc(C(C)(C)c2ccc(C)cc2)c1. The Balaban J connectivity index is 2.37. The lowest BCUT2D eigenvalue weighted by atomic mass is 9.77. The lowest BCUT2D eigenvalue weighted by molar-refractivity contribution is 0.639. The molecule has 0 amide bonds. The maximum absolute atomic E-state index is 2.36. The van der Waals surface area contributed by atoms with Crippen molar-refractivity contribution in [3.8, 4) is 0 Å². The Morgan fingerprint density at radius 3 is 2.21 bits per heavy atom. The third kappa shape index (κ3) is 3.07. The summed E-state index contributed by atoms with van der Waals surface area (Å²) in [6.45, 7) is 8.99. The number of hydrogen-bond acceptors (Lipinski definition) is 0. The van der Waals surface area contributed by atoms with Crippen molar-refractivity contribution in [1.82, 2.24) is 0 Å². The molecule has 0 heteroatoms. The standard InChI is InChI=1S/C19H24/c1-5-7-16-8-6-9-18(14-16)19(3,4)17-12-10-15(2)11-13-17/h6,8-14H,5,7H2,1-4H3. The fourth-order valence-corrected chi connectivity index (χ4v) is 2.54. The van der Waals surface area contributed by atoms with Crippen LogP contribution in [0.4, 0.5) is 0 Å². The fraction of sp³-hybridized carbons (Fsp3) is 0.368. The van der Waals surface area contributed by atoms with Crippen molar-refractivity contribution in [1.29, 1.82) is 0 Å². The molecule has 0 saturated carbocycles. The number of hydrogen-bond donors (Lipinski definition) is 0. The van der Waals surface area contributed by atoms with E-state index in [9.17, 15) is 0 Å². The van der Waals surface area contributed by atoms with Crippen LogP contribution in [-0.4, -0.2) is 0 Å². The quantitative estimate of drug-likeness (QED) is 0.695. The molecule has 0 aromatic heterocycles. The van der Waals surface area contributed by atoms with Gasteiger partial charge in [0.15, 0.2) is 0 Å². The smallest absolute Gasteiger partial charge is 0.0146 e. The van der Waals surface area contributed by atoms with E-state index < -0.39 is 0 Å². The van der Waals surface area contributed by atoms with Gasteiger partial charge in [-0.1, -0.05) is 81.3 Å². The van der Waals surface area contributed by atoms with Gasteiger partial charge in [-0.15, -0.1) is 0 Å². The van der Waals surface area contributed by atoms with Crippen molar-refractivity contribution in [3.63, 3.8) is 0 Å². The van der Waals surface area contributed by atoms with Crippen molar-refractivity contribution in [2.45, 2.75) is 46.0 Å². The van der Waals surface area contributed by atoms with Crippen LogP contribution in [0.3, 0.4) is 0 Å². The molecule has 0 bridgehead atoms. The van der Waals surface area contributed by atoms with Crippen molar-refractivity contribution in [3.05, 3.63) is 70.8 Å². The molecule has 0 atom stereocenters. The summed E-state index contributed by atoms with van der Waals surface area (Å²) in [4.78, 5) is 0. The van der Waals surface area contributed by atoms with E-state index in [2.05, 4.69) is 76.2 Å². The largest absolute Gasteiger partial charge is 0.0651 e.